The summed E-state index contributed by atoms with van der Waals surface area (Å²) < 4.78 is 0. The average Bonchev–Trinajstić information content (AvgIpc) is 2.54. The maximum absolute atomic E-state index is 11.6. The zero-order valence-corrected chi connectivity index (χ0v) is 15.1. The Labute approximate surface area is 151 Å². The lowest BCUT2D eigenvalue weighted by atomic mass is 10.0. The van der Waals surface area contributed by atoms with Gasteiger partial charge in [0.05, 0.1) is 6.04 Å². The zero-order valence-electron chi connectivity index (χ0n) is 13.5. The summed E-state index contributed by atoms with van der Waals surface area (Å²) in [4.78, 5) is 25.0. The molecule has 1 aromatic carbocycles. The van der Waals surface area contributed by atoms with Gasteiger partial charge >= 0.3 is 5.97 Å². The molecule has 0 fully saturated rings. The van der Waals surface area contributed by atoms with E-state index in [9.17, 15) is 14.7 Å². The van der Waals surface area contributed by atoms with Crippen molar-refractivity contribution in [2.75, 3.05) is 29.7 Å². The van der Waals surface area contributed by atoms with E-state index in [4.69, 9.17) is 28.9 Å². The van der Waals surface area contributed by atoms with Gasteiger partial charge in [-0.2, -0.15) is 0 Å². The van der Waals surface area contributed by atoms with Crippen molar-refractivity contribution in [3.63, 3.8) is 0 Å². The Morgan fingerprint density at radius 1 is 1.21 bits per heavy atom. The highest BCUT2D eigenvalue weighted by molar-refractivity contribution is 6.18. The lowest BCUT2D eigenvalue weighted by Crippen LogP contribution is -2.48. The summed E-state index contributed by atoms with van der Waals surface area (Å²) in [6.07, 6.45) is 0.180. The molecule has 0 aliphatic rings. The van der Waals surface area contributed by atoms with Crippen LogP contribution in [0.2, 0.25) is 0 Å². The fraction of sp³-hybridized carbons (Fsp3) is 0.500. The molecule has 0 aliphatic heterocycles. The van der Waals surface area contributed by atoms with E-state index in [1.807, 2.05) is 24.3 Å². The third kappa shape index (κ3) is 6.55. The maximum atomic E-state index is 11.6. The van der Waals surface area contributed by atoms with Crippen LogP contribution in [0.15, 0.2) is 24.3 Å². The molecule has 2 atom stereocenters. The van der Waals surface area contributed by atoms with Gasteiger partial charge in [-0.25, -0.2) is 4.79 Å². The van der Waals surface area contributed by atoms with Gasteiger partial charge in [-0.3, -0.25) is 4.79 Å². The first-order valence-electron chi connectivity index (χ1n) is 7.63. The number of halogens is 2. The number of carbonyl (C=O) groups excluding carboxylic acids is 1. The molecule has 0 heterocycles. The molecular weight excluding hydrogens is 353 g/mol. The Kier molecular flexibility index (Phi) is 8.89. The van der Waals surface area contributed by atoms with Crippen molar-refractivity contribution < 1.29 is 14.7 Å². The first kappa shape index (κ1) is 20.5. The van der Waals surface area contributed by atoms with Gasteiger partial charge in [0.25, 0.3) is 0 Å². The molecule has 0 saturated carbocycles. The van der Waals surface area contributed by atoms with E-state index in [0.29, 0.717) is 24.8 Å². The van der Waals surface area contributed by atoms with E-state index < -0.39 is 24.0 Å². The van der Waals surface area contributed by atoms with E-state index >= 15 is 0 Å². The molecule has 0 radical (unpaired) electrons. The summed E-state index contributed by atoms with van der Waals surface area (Å²) in [6.45, 7) is 2.86. The van der Waals surface area contributed by atoms with Gasteiger partial charge in [0, 0.05) is 37.0 Å². The number of nitrogens with one attached hydrogen (secondary N) is 1. The molecule has 0 aliphatic carbocycles. The van der Waals surface area contributed by atoms with Crippen LogP contribution in [0.25, 0.3) is 0 Å². The number of carbonyl (C=O) groups is 2. The Morgan fingerprint density at radius 3 is 2.17 bits per heavy atom. The fourth-order valence-corrected chi connectivity index (χ4v) is 2.56. The summed E-state index contributed by atoms with van der Waals surface area (Å²) in [5.74, 6) is -0.611. The van der Waals surface area contributed by atoms with Crippen LogP contribution in [-0.2, 0) is 16.0 Å². The van der Waals surface area contributed by atoms with Crippen molar-refractivity contribution in [2.45, 2.75) is 25.4 Å². The molecule has 1 rings (SSSR count). The molecule has 6 nitrogen and oxygen atoms in total. The third-order valence-corrected chi connectivity index (χ3v) is 3.82. The first-order valence-corrected chi connectivity index (χ1v) is 8.70. The van der Waals surface area contributed by atoms with Crippen LogP contribution >= 0.6 is 23.2 Å². The number of hydrogen-bond donors (Lipinski definition) is 3. The number of amides is 1. The van der Waals surface area contributed by atoms with Gasteiger partial charge in [0.1, 0.15) is 6.04 Å². The lowest BCUT2D eigenvalue weighted by Gasteiger charge is -2.23. The Morgan fingerprint density at radius 2 is 1.75 bits per heavy atom. The number of nitrogens with zero attached hydrogens (tertiary/aromatic N) is 1. The van der Waals surface area contributed by atoms with E-state index in [1.165, 1.54) is 6.92 Å². The highest BCUT2D eigenvalue weighted by Gasteiger charge is 2.22. The van der Waals surface area contributed by atoms with Crippen LogP contribution in [0, 0.1) is 0 Å². The van der Waals surface area contributed by atoms with Crippen molar-refractivity contribution in [3.8, 4) is 0 Å². The molecule has 0 saturated heterocycles. The number of alkyl halides is 2. The van der Waals surface area contributed by atoms with Gasteiger partial charge < -0.3 is 21.1 Å². The second kappa shape index (κ2) is 10.4. The smallest absolute Gasteiger partial charge is 0.326 e. The Bertz CT molecular complexity index is 532. The van der Waals surface area contributed by atoms with E-state index in [0.717, 1.165) is 11.3 Å². The lowest BCUT2D eigenvalue weighted by molar-refractivity contribution is -0.141. The molecule has 8 heteroatoms. The van der Waals surface area contributed by atoms with Crippen LogP contribution in [0.4, 0.5) is 5.69 Å². The number of benzene rings is 1. The molecule has 1 aromatic rings. The normalized spacial score (nSPS) is 13.2. The Balaban J connectivity index is 2.79. The minimum Gasteiger partial charge on any atom is -0.480 e. The topological polar surface area (TPSA) is 95.7 Å². The van der Waals surface area contributed by atoms with E-state index in [2.05, 4.69) is 10.2 Å². The molecule has 134 valence electrons. The van der Waals surface area contributed by atoms with Crippen molar-refractivity contribution in [1.29, 1.82) is 0 Å². The molecular formula is C16H23Cl2N3O3. The summed E-state index contributed by atoms with van der Waals surface area (Å²) in [6, 6.07) is 5.67. The summed E-state index contributed by atoms with van der Waals surface area (Å²) in [7, 11) is 0. The van der Waals surface area contributed by atoms with Crippen LogP contribution in [-0.4, -0.2) is 53.9 Å². The number of nitrogens with two attached hydrogens (primary N) is 1. The minimum atomic E-state index is -1.10. The van der Waals surface area contributed by atoms with E-state index in [1.54, 1.807) is 0 Å². The molecule has 0 unspecified atom stereocenters. The van der Waals surface area contributed by atoms with Gasteiger partial charge in [-0.15, -0.1) is 23.2 Å². The van der Waals surface area contributed by atoms with Gasteiger partial charge in [0.15, 0.2) is 0 Å². The van der Waals surface area contributed by atoms with Crippen LogP contribution < -0.4 is 16.0 Å². The van der Waals surface area contributed by atoms with E-state index in [-0.39, 0.29) is 6.42 Å². The minimum absolute atomic E-state index is 0.180. The average molecular weight is 376 g/mol. The number of carboxylic acid groups (broad SMARTS) is 1. The number of hydrogen-bond acceptors (Lipinski definition) is 4. The number of anilines is 1. The van der Waals surface area contributed by atoms with Gasteiger partial charge in [-0.05, 0) is 24.6 Å². The SMILES string of the molecule is C[C@H](N)C(=O)N[C@@H](Cc1ccc(N(CCCl)CCCl)cc1)C(=O)O. The van der Waals surface area contributed by atoms with Gasteiger partial charge in [-0.1, -0.05) is 12.1 Å². The zero-order chi connectivity index (χ0) is 18.1. The number of carboxylic acids is 1. The van der Waals surface area contributed by atoms with Crippen molar-refractivity contribution >= 4 is 40.8 Å². The van der Waals surface area contributed by atoms with Crippen molar-refractivity contribution in [1.82, 2.24) is 5.32 Å². The number of rotatable bonds is 10. The second-order valence-corrected chi connectivity index (χ2v) is 6.18. The monoisotopic (exact) mass is 375 g/mol. The van der Waals surface area contributed by atoms with Crippen LogP contribution in [0.3, 0.4) is 0 Å². The largest absolute Gasteiger partial charge is 0.480 e. The van der Waals surface area contributed by atoms with Crippen molar-refractivity contribution in [3.05, 3.63) is 29.8 Å². The second-order valence-electron chi connectivity index (χ2n) is 5.42. The molecule has 24 heavy (non-hydrogen) atoms. The Hall–Kier alpha value is -1.50. The quantitative estimate of drug-likeness (QED) is 0.537. The van der Waals surface area contributed by atoms with Crippen molar-refractivity contribution in [2.24, 2.45) is 5.73 Å². The molecule has 1 amide bonds. The summed E-state index contributed by atoms with van der Waals surface area (Å²) in [5, 5.41) is 11.7. The molecule has 0 bridgehead atoms. The maximum Gasteiger partial charge on any atom is 0.326 e. The molecule has 0 spiro atoms. The van der Waals surface area contributed by atoms with Crippen LogP contribution in [0.5, 0.6) is 0 Å². The summed E-state index contributed by atoms with van der Waals surface area (Å²) >= 11 is 11.6. The fourth-order valence-electron chi connectivity index (χ4n) is 2.16. The molecule has 0 aromatic heterocycles. The summed E-state index contributed by atoms with van der Waals surface area (Å²) in [5.41, 5.74) is 7.22. The predicted octanol–water partition coefficient (Wildman–Crippen LogP) is 1.43. The highest BCUT2D eigenvalue weighted by atomic mass is 35.5. The standard InChI is InChI=1S/C16H23Cl2N3O3/c1-11(19)15(22)20-14(16(23)24)10-12-2-4-13(5-3-12)21(8-6-17)9-7-18/h2-5,11,14H,6-10,19H2,1H3,(H,20,22)(H,23,24)/t11-,14-/m0/s1. The molecule has 4 N–H and O–H groups in total. The van der Waals surface area contributed by atoms with Crippen LogP contribution in [0.1, 0.15) is 12.5 Å². The van der Waals surface area contributed by atoms with Gasteiger partial charge in [0.2, 0.25) is 5.91 Å². The first-order chi connectivity index (χ1) is 11.4. The highest BCUT2D eigenvalue weighted by Crippen LogP contribution is 2.16. The number of aliphatic carboxylic acids is 1. The predicted molar refractivity (Wildman–Crippen MR) is 97.0 cm³/mol. The third-order valence-electron chi connectivity index (χ3n) is 3.48.